The van der Waals surface area contributed by atoms with Gasteiger partial charge in [-0.25, -0.2) is 8.42 Å². The van der Waals surface area contributed by atoms with Gasteiger partial charge in [0.1, 0.15) is 18.3 Å². The summed E-state index contributed by atoms with van der Waals surface area (Å²) in [5, 5.41) is 3.31. The molecule has 0 bridgehead atoms. The molecule has 41 heavy (non-hydrogen) atoms. The van der Waals surface area contributed by atoms with Crippen LogP contribution in [0, 0.1) is 6.92 Å². The van der Waals surface area contributed by atoms with E-state index in [2.05, 4.69) is 21.2 Å². The van der Waals surface area contributed by atoms with Crippen LogP contribution in [0.4, 0.5) is 5.69 Å². The molecule has 3 aromatic carbocycles. The van der Waals surface area contributed by atoms with Gasteiger partial charge in [0, 0.05) is 18.1 Å². The number of aryl methyl sites for hydroxylation is 1. The molecule has 0 aliphatic heterocycles. The minimum Gasteiger partial charge on any atom is -0.496 e. The molecule has 0 aliphatic rings. The highest BCUT2D eigenvalue weighted by atomic mass is 79.9. The average Bonchev–Trinajstić information content (AvgIpc) is 2.95. The van der Waals surface area contributed by atoms with Gasteiger partial charge < -0.3 is 15.0 Å². The van der Waals surface area contributed by atoms with Crippen LogP contribution in [0.15, 0.2) is 76.1 Å². The number of carbonyl (C=O) groups is 2. The second-order valence-electron chi connectivity index (χ2n) is 9.47. The van der Waals surface area contributed by atoms with E-state index in [1.54, 1.807) is 54.6 Å². The summed E-state index contributed by atoms with van der Waals surface area (Å²) in [6.45, 7) is 5.60. The van der Waals surface area contributed by atoms with Crippen molar-refractivity contribution in [3.8, 4) is 5.75 Å². The van der Waals surface area contributed by atoms with Crippen molar-refractivity contribution < 1.29 is 22.7 Å². The number of carbonyl (C=O) groups excluding carboxylic acids is 2. The van der Waals surface area contributed by atoms with E-state index in [-0.39, 0.29) is 17.3 Å². The fraction of sp³-hybridized carbons (Fsp3) is 0.333. The Morgan fingerprint density at radius 1 is 1.05 bits per heavy atom. The Morgan fingerprint density at radius 3 is 2.32 bits per heavy atom. The molecule has 0 radical (unpaired) electrons. The van der Waals surface area contributed by atoms with Gasteiger partial charge in [-0.2, -0.15) is 0 Å². The molecular weight excluding hydrogens is 630 g/mol. The summed E-state index contributed by atoms with van der Waals surface area (Å²) in [5.41, 5.74) is 1.90. The van der Waals surface area contributed by atoms with Crippen LogP contribution >= 0.6 is 27.5 Å². The lowest BCUT2D eigenvalue weighted by Gasteiger charge is -2.33. The summed E-state index contributed by atoms with van der Waals surface area (Å²) in [6.07, 6.45) is 1.06. The predicted molar refractivity (Wildman–Crippen MR) is 166 cm³/mol. The zero-order chi connectivity index (χ0) is 30.2. The lowest BCUT2D eigenvalue weighted by Crippen LogP contribution is -2.52. The van der Waals surface area contributed by atoms with Crippen LogP contribution in [0.25, 0.3) is 0 Å². The van der Waals surface area contributed by atoms with Gasteiger partial charge in [-0.3, -0.25) is 13.9 Å². The van der Waals surface area contributed by atoms with Gasteiger partial charge in [-0.15, -0.1) is 0 Å². The van der Waals surface area contributed by atoms with E-state index in [9.17, 15) is 18.0 Å². The monoisotopic (exact) mass is 663 g/mol. The van der Waals surface area contributed by atoms with Gasteiger partial charge in [-0.1, -0.05) is 61.3 Å². The summed E-state index contributed by atoms with van der Waals surface area (Å²) >= 11 is 9.79. The first-order valence-corrected chi connectivity index (χ1v) is 15.9. The SMILES string of the molecule is CCCNC(=O)[C@@H](CC)N(Cc1ccccc1Cl)C(=O)CN(c1ccc(C)cc1)S(=O)(=O)c1ccc(OC)c(Br)c1. The van der Waals surface area contributed by atoms with Gasteiger partial charge in [0.25, 0.3) is 10.0 Å². The maximum Gasteiger partial charge on any atom is 0.264 e. The van der Waals surface area contributed by atoms with Crippen molar-refractivity contribution in [3.05, 3.63) is 87.4 Å². The highest BCUT2D eigenvalue weighted by molar-refractivity contribution is 9.10. The minimum atomic E-state index is -4.22. The number of sulfonamides is 1. The number of benzene rings is 3. The van der Waals surface area contributed by atoms with E-state index in [1.165, 1.54) is 24.1 Å². The molecule has 0 saturated carbocycles. The topological polar surface area (TPSA) is 96.0 Å². The molecule has 2 amide bonds. The summed E-state index contributed by atoms with van der Waals surface area (Å²) < 4.78 is 34.9. The number of rotatable bonds is 13. The molecule has 0 aliphatic carbocycles. The normalized spacial score (nSPS) is 12.0. The smallest absolute Gasteiger partial charge is 0.264 e. The van der Waals surface area contributed by atoms with Crippen molar-refractivity contribution in [2.45, 2.75) is 51.1 Å². The molecule has 8 nitrogen and oxygen atoms in total. The lowest BCUT2D eigenvalue weighted by atomic mass is 10.1. The summed E-state index contributed by atoms with van der Waals surface area (Å²) in [7, 11) is -2.73. The lowest BCUT2D eigenvalue weighted by molar-refractivity contribution is -0.140. The third-order valence-electron chi connectivity index (χ3n) is 6.55. The van der Waals surface area contributed by atoms with Crippen LogP contribution in [-0.4, -0.2) is 51.4 Å². The second-order valence-corrected chi connectivity index (χ2v) is 12.6. The number of ether oxygens (including phenoxy) is 1. The van der Waals surface area contributed by atoms with Gasteiger partial charge in [-0.05, 0) is 77.7 Å². The van der Waals surface area contributed by atoms with E-state index < -0.39 is 28.5 Å². The number of nitrogens with zero attached hydrogens (tertiary/aromatic N) is 2. The Kier molecular flexibility index (Phi) is 11.6. The Labute approximate surface area is 255 Å². The minimum absolute atomic E-state index is 0.0241. The quantitative estimate of drug-likeness (QED) is 0.244. The van der Waals surface area contributed by atoms with Crippen molar-refractivity contribution >= 4 is 55.1 Å². The van der Waals surface area contributed by atoms with Gasteiger partial charge >= 0.3 is 0 Å². The average molecular weight is 665 g/mol. The fourth-order valence-electron chi connectivity index (χ4n) is 4.27. The molecule has 0 aromatic heterocycles. The number of hydrogen-bond donors (Lipinski definition) is 1. The van der Waals surface area contributed by atoms with Crippen molar-refractivity contribution in [3.63, 3.8) is 0 Å². The Morgan fingerprint density at radius 2 is 1.73 bits per heavy atom. The van der Waals surface area contributed by atoms with E-state index >= 15 is 0 Å². The predicted octanol–water partition coefficient (Wildman–Crippen LogP) is 5.95. The van der Waals surface area contributed by atoms with Crippen LogP contribution in [0.3, 0.4) is 0 Å². The summed E-state index contributed by atoms with van der Waals surface area (Å²) in [6, 6.07) is 17.5. The highest BCUT2D eigenvalue weighted by Crippen LogP contribution is 2.31. The van der Waals surface area contributed by atoms with Crippen LogP contribution in [0.5, 0.6) is 5.75 Å². The maximum absolute atomic E-state index is 14.1. The van der Waals surface area contributed by atoms with E-state index in [4.69, 9.17) is 16.3 Å². The largest absolute Gasteiger partial charge is 0.496 e. The first kappa shape index (κ1) is 32.4. The Balaban J connectivity index is 2.08. The van der Waals surface area contributed by atoms with Gasteiger partial charge in [0.2, 0.25) is 11.8 Å². The molecular formula is C30H35BrClN3O5S. The Hall–Kier alpha value is -3.08. The van der Waals surface area contributed by atoms with Crippen molar-refractivity contribution in [1.82, 2.24) is 10.2 Å². The van der Waals surface area contributed by atoms with Crippen molar-refractivity contribution in [2.24, 2.45) is 0 Å². The maximum atomic E-state index is 14.1. The van der Waals surface area contributed by atoms with Crippen LogP contribution in [-0.2, 0) is 26.2 Å². The molecule has 1 N–H and O–H groups in total. The van der Waals surface area contributed by atoms with Gasteiger partial charge in [0.15, 0.2) is 0 Å². The van der Waals surface area contributed by atoms with Crippen LogP contribution in [0.1, 0.15) is 37.8 Å². The third-order valence-corrected chi connectivity index (χ3v) is 9.30. The number of anilines is 1. The van der Waals surface area contributed by atoms with Crippen molar-refractivity contribution in [2.75, 3.05) is 24.5 Å². The molecule has 220 valence electrons. The standard InChI is InChI=1S/C30H35BrClN3O5S/c1-5-17-33-30(37)27(6-2)34(19-22-9-7-8-10-26(22)32)29(36)20-35(23-13-11-21(3)12-14-23)41(38,39)24-15-16-28(40-4)25(31)18-24/h7-16,18,27H,5-6,17,19-20H2,1-4H3,(H,33,37)/t27-/m1/s1. The van der Waals surface area contributed by atoms with Crippen LogP contribution in [0.2, 0.25) is 5.02 Å². The molecule has 0 saturated heterocycles. The fourth-order valence-corrected chi connectivity index (χ4v) is 6.60. The third kappa shape index (κ3) is 8.02. The number of amides is 2. The van der Waals surface area contributed by atoms with E-state index in [1.807, 2.05) is 20.8 Å². The van der Waals surface area contributed by atoms with E-state index in [0.717, 1.165) is 16.3 Å². The molecule has 0 unspecified atom stereocenters. The van der Waals surface area contributed by atoms with Crippen molar-refractivity contribution in [1.29, 1.82) is 0 Å². The summed E-state index contributed by atoms with van der Waals surface area (Å²) in [5.74, 6) is -0.379. The molecule has 0 fully saturated rings. The molecule has 11 heteroatoms. The highest BCUT2D eigenvalue weighted by Gasteiger charge is 2.34. The first-order chi connectivity index (χ1) is 19.5. The van der Waals surface area contributed by atoms with Gasteiger partial charge in [0.05, 0.1) is 22.2 Å². The molecule has 0 spiro atoms. The zero-order valence-corrected chi connectivity index (χ0v) is 26.7. The molecule has 3 rings (SSSR count). The molecule has 3 aromatic rings. The number of methoxy groups -OCH3 is 1. The number of nitrogens with one attached hydrogen (secondary N) is 1. The second kappa shape index (κ2) is 14.7. The zero-order valence-electron chi connectivity index (χ0n) is 23.6. The van der Waals surface area contributed by atoms with Crippen LogP contribution < -0.4 is 14.4 Å². The first-order valence-electron chi connectivity index (χ1n) is 13.3. The van der Waals surface area contributed by atoms with E-state index in [0.29, 0.717) is 39.5 Å². The molecule has 0 heterocycles. The molecule has 1 atom stereocenters. The Bertz CT molecular complexity index is 1470. The number of halogens is 2. The summed E-state index contributed by atoms with van der Waals surface area (Å²) in [4.78, 5) is 28.7. The number of hydrogen-bond acceptors (Lipinski definition) is 5.